The van der Waals surface area contributed by atoms with Gasteiger partial charge in [0.25, 0.3) is 0 Å². The molecule has 3 atom stereocenters. The molecular weight excluding hydrogens is 270 g/mol. The Kier molecular flexibility index (Phi) is 3.68. The predicted molar refractivity (Wildman–Crippen MR) is 75.6 cm³/mol. The van der Waals surface area contributed by atoms with Crippen LogP contribution in [0.3, 0.4) is 0 Å². The van der Waals surface area contributed by atoms with Gasteiger partial charge < -0.3 is 14.7 Å². The van der Waals surface area contributed by atoms with Gasteiger partial charge >= 0.3 is 5.97 Å². The van der Waals surface area contributed by atoms with Gasteiger partial charge in [0, 0.05) is 19.6 Å². The van der Waals surface area contributed by atoms with E-state index in [0.29, 0.717) is 26.0 Å². The highest BCUT2D eigenvalue weighted by atomic mass is 16.5. The lowest BCUT2D eigenvalue weighted by atomic mass is 9.91. The van der Waals surface area contributed by atoms with Crippen molar-refractivity contribution in [3.05, 3.63) is 35.4 Å². The standard InChI is InChI=1S/C16H19NO4/c1-10-13(6-7-21-10)15(18)17-9-12-5-3-2-4-11(12)8-14(17)16(19)20/h2-5,10,13-14H,6-9H2,1H3,(H,19,20). The van der Waals surface area contributed by atoms with Gasteiger partial charge in [-0.3, -0.25) is 4.79 Å². The van der Waals surface area contributed by atoms with E-state index < -0.39 is 12.0 Å². The number of benzene rings is 1. The van der Waals surface area contributed by atoms with Crippen molar-refractivity contribution in [2.75, 3.05) is 6.61 Å². The van der Waals surface area contributed by atoms with Crippen LogP contribution in [0.4, 0.5) is 0 Å². The molecular formula is C16H19NO4. The lowest BCUT2D eigenvalue weighted by Gasteiger charge is -2.36. The summed E-state index contributed by atoms with van der Waals surface area (Å²) in [6.07, 6.45) is 0.910. The maximum atomic E-state index is 12.7. The number of aliphatic carboxylic acids is 1. The molecule has 0 radical (unpaired) electrons. The van der Waals surface area contributed by atoms with Crippen molar-refractivity contribution in [1.82, 2.24) is 4.90 Å². The first-order chi connectivity index (χ1) is 10.1. The summed E-state index contributed by atoms with van der Waals surface area (Å²) < 4.78 is 5.45. The monoisotopic (exact) mass is 289 g/mol. The summed E-state index contributed by atoms with van der Waals surface area (Å²) in [4.78, 5) is 25.8. The summed E-state index contributed by atoms with van der Waals surface area (Å²) in [6, 6.07) is 6.95. The van der Waals surface area contributed by atoms with Crippen molar-refractivity contribution >= 4 is 11.9 Å². The molecule has 112 valence electrons. The fourth-order valence-corrected chi connectivity index (χ4v) is 3.24. The van der Waals surface area contributed by atoms with Crippen molar-refractivity contribution < 1.29 is 19.4 Å². The number of nitrogens with zero attached hydrogens (tertiary/aromatic N) is 1. The first-order valence-corrected chi connectivity index (χ1v) is 7.29. The van der Waals surface area contributed by atoms with Gasteiger partial charge in [0.15, 0.2) is 0 Å². The lowest BCUT2D eigenvalue weighted by molar-refractivity contribution is -0.154. The molecule has 2 aliphatic heterocycles. The van der Waals surface area contributed by atoms with E-state index in [2.05, 4.69) is 0 Å². The number of fused-ring (bicyclic) bond motifs is 1. The van der Waals surface area contributed by atoms with E-state index in [1.54, 1.807) is 0 Å². The van der Waals surface area contributed by atoms with E-state index in [0.717, 1.165) is 11.1 Å². The van der Waals surface area contributed by atoms with Gasteiger partial charge in [0.05, 0.1) is 12.0 Å². The van der Waals surface area contributed by atoms with Crippen molar-refractivity contribution in [2.24, 2.45) is 5.92 Å². The van der Waals surface area contributed by atoms with Crippen LogP contribution < -0.4 is 0 Å². The normalized spacial score (nSPS) is 28.2. The lowest BCUT2D eigenvalue weighted by Crippen LogP contribution is -2.51. The Labute approximate surface area is 123 Å². The zero-order valence-electron chi connectivity index (χ0n) is 12.0. The second-order valence-corrected chi connectivity index (χ2v) is 5.76. The van der Waals surface area contributed by atoms with Crippen molar-refractivity contribution in [2.45, 2.75) is 38.5 Å². The van der Waals surface area contributed by atoms with Crippen molar-refractivity contribution in [3.8, 4) is 0 Å². The summed E-state index contributed by atoms with van der Waals surface area (Å²) in [5.41, 5.74) is 2.06. The molecule has 0 saturated carbocycles. The molecule has 5 heteroatoms. The molecule has 1 aromatic carbocycles. The number of carboxylic acids is 1. The summed E-state index contributed by atoms with van der Waals surface area (Å²) in [6.45, 7) is 2.82. The minimum absolute atomic E-state index is 0.0955. The fourth-order valence-electron chi connectivity index (χ4n) is 3.24. The molecule has 1 saturated heterocycles. The van der Waals surface area contributed by atoms with Crippen molar-refractivity contribution in [1.29, 1.82) is 0 Å². The highest BCUT2D eigenvalue weighted by Gasteiger charge is 2.40. The van der Waals surface area contributed by atoms with Crippen LogP contribution in [0.25, 0.3) is 0 Å². The second kappa shape index (κ2) is 5.48. The van der Waals surface area contributed by atoms with Crippen LogP contribution in [0.5, 0.6) is 0 Å². The van der Waals surface area contributed by atoms with Gasteiger partial charge in [-0.25, -0.2) is 4.79 Å². The highest BCUT2D eigenvalue weighted by molar-refractivity contribution is 5.86. The van der Waals surface area contributed by atoms with E-state index in [9.17, 15) is 14.7 Å². The molecule has 0 spiro atoms. The van der Waals surface area contributed by atoms with Crippen LogP contribution in [0.2, 0.25) is 0 Å². The van der Waals surface area contributed by atoms with Crippen LogP contribution in [0, 0.1) is 5.92 Å². The molecule has 0 aliphatic carbocycles. The number of carboxylic acid groups (broad SMARTS) is 1. The molecule has 2 aliphatic rings. The molecule has 2 heterocycles. The smallest absolute Gasteiger partial charge is 0.326 e. The summed E-state index contributed by atoms with van der Waals surface area (Å²) in [5.74, 6) is -1.26. The number of carbonyl (C=O) groups excluding carboxylic acids is 1. The summed E-state index contributed by atoms with van der Waals surface area (Å²) in [7, 11) is 0. The minimum Gasteiger partial charge on any atom is -0.480 e. The molecule has 21 heavy (non-hydrogen) atoms. The Bertz CT molecular complexity index is 571. The van der Waals surface area contributed by atoms with E-state index in [1.807, 2.05) is 31.2 Å². The maximum absolute atomic E-state index is 12.7. The maximum Gasteiger partial charge on any atom is 0.326 e. The topological polar surface area (TPSA) is 66.8 Å². The SMILES string of the molecule is CC1OCCC1C(=O)N1Cc2ccccc2CC1C(=O)O. The number of amides is 1. The third-order valence-electron chi connectivity index (χ3n) is 4.51. The van der Waals surface area contributed by atoms with Crippen LogP contribution in [-0.2, 0) is 27.3 Å². The first kappa shape index (κ1) is 14.1. The van der Waals surface area contributed by atoms with E-state index in [4.69, 9.17) is 4.74 Å². The Morgan fingerprint density at radius 3 is 2.62 bits per heavy atom. The average Bonchev–Trinajstić information content (AvgIpc) is 2.91. The van der Waals surface area contributed by atoms with E-state index in [1.165, 1.54) is 4.90 Å². The van der Waals surface area contributed by atoms with Crippen molar-refractivity contribution in [3.63, 3.8) is 0 Å². The molecule has 3 unspecified atom stereocenters. The van der Waals surface area contributed by atoms with Gasteiger partial charge in [0.1, 0.15) is 6.04 Å². The fraction of sp³-hybridized carbons (Fsp3) is 0.500. The number of rotatable bonds is 2. The molecule has 3 rings (SSSR count). The van der Waals surface area contributed by atoms with Gasteiger partial charge in [-0.05, 0) is 24.5 Å². The first-order valence-electron chi connectivity index (χ1n) is 7.29. The summed E-state index contributed by atoms with van der Waals surface area (Å²) in [5, 5.41) is 9.47. The van der Waals surface area contributed by atoms with Crippen LogP contribution >= 0.6 is 0 Å². The minimum atomic E-state index is -0.940. The molecule has 0 bridgehead atoms. The Morgan fingerprint density at radius 2 is 2.00 bits per heavy atom. The molecule has 1 fully saturated rings. The quantitative estimate of drug-likeness (QED) is 0.895. The molecule has 0 aromatic heterocycles. The largest absolute Gasteiger partial charge is 0.480 e. The van der Waals surface area contributed by atoms with Crippen LogP contribution in [-0.4, -0.2) is 40.6 Å². The number of hydrogen-bond donors (Lipinski definition) is 1. The zero-order chi connectivity index (χ0) is 15.0. The number of hydrogen-bond acceptors (Lipinski definition) is 3. The van der Waals surface area contributed by atoms with Gasteiger partial charge in [-0.15, -0.1) is 0 Å². The number of carbonyl (C=O) groups is 2. The Balaban J connectivity index is 1.89. The van der Waals surface area contributed by atoms with Crippen LogP contribution in [0.1, 0.15) is 24.5 Å². The Morgan fingerprint density at radius 1 is 1.29 bits per heavy atom. The average molecular weight is 289 g/mol. The molecule has 1 amide bonds. The number of ether oxygens (including phenoxy) is 1. The predicted octanol–water partition coefficient (Wildman–Crippen LogP) is 1.45. The third-order valence-corrected chi connectivity index (χ3v) is 4.51. The molecule has 1 aromatic rings. The third kappa shape index (κ3) is 2.53. The van der Waals surface area contributed by atoms with E-state index >= 15 is 0 Å². The molecule has 5 nitrogen and oxygen atoms in total. The van der Waals surface area contributed by atoms with Gasteiger partial charge in [-0.2, -0.15) is 0 Å². The zero-order valence-corrected chi connectivity index (χ0v) is 12.0. The molecule has 1 N–H and O–H groups in total. The Hall–Kier alpha value is -1.88. The van der Waals surface area contributed by atoms with Crippen LogP contribution in [0.15, 0.2) is 24.3 Å². The second-order valence-electron chi connectivity index (χ2n) is 5.76. The summed E-state index contributed by atoms with van der Waals surface area (Å²) >= 11 is 0. The highest BCUT2D eigenvalue weighted by Crippen LogP contribution is 2.29. The van der Waals surface area contributed by atoms with Gasteiger partial charge in [0.2, 0.25) is 5.91 Å². The van der Waals surface area contributed by atoms with Gasteiger partial charge in [-0.1, -0.05) is 24.3 Å². The van der Waals surface area contributed by atoms with E-state index in [-0.39, 0.29) is 17.9 Å².